The summed E-state index contributed by atoms with van der Waals surface area (Å²) in [5.74, 6) is 1.11. The van der Waals surface area contributed by atoms with Crippen molar-refractivity contribution in [3.05, 3.63) is 24.0 Å². The Labute approximate surface area is 107 Å². The number of anilines is 1. The summed E-state index contributed by atoms with van der Waals surface area (Å²) in [5, 5.41) is 7.83. The molecule has 0 saturated carbocycles. The molecule has 1 aliphatic rings. The standard InChI is InChI=1S/C13H19N5/c1-10-6-12-15-9-16-18(12)13(7-10)17(2)8-11-4-3-5-14-11/h6-7,9,11,14H,3-5,8H2,1-2H3. The highest BCUT2D eigenvalue weighted by molar-refractivity contribution is 5.52. The Balaban J connectivity index is 1.89. The summed E-state index contributed by atoms with van der Waals surface area (Å²) in [5.41, 5.74) is 2.13. The van der Waals surface area contributed by atoms with Crippen LogP contribution in [-0.2, 0) is 0 Å². The Morgan fingerprint density at radius 2 is 2.39 bits per heavy atom. The van der Waals surface area contributed by atoms with Gasteiger partial charge in [0, 0.05) is 19.6 Å². The van der Waals surface area contributed by atoms with Gasteiger partial charge in [0.1, 0.15) is 12.1 Å². The van der Waals surface area contributed by atoms with Crippen LogP contribution < -0.4 is 10.2 Å². The highest BCUT2D eigenvalue weighted by atomic mass is 15.4. The molecule has 1 atom stereocenters. The average Bonchev–Trinajstić information content (AvgIpc) is 2.97. The molecule has 2 aromatic heterocycles. The third kappa shape index (κ3) is 2.06. The number of nitrogens with one attached hydrogen (secondary N) is 1. The first kappa shape index (κ1) is 11.5. The molecule has 0 aliphatic carbocycles. The first-order valence-electron chi connectivity index (χ1n) is 6.49. The van der Waals surface area contributed by atoms with Crippen molar-refractivity contribution in [3.8, 4) is 0 Å². The Morgan fingerprint density at radius 1 is 1.50 bits per heavy atom. The van der Waals surface area contributed by atoms with Crippen molar-refractivity contribution in [1.82, 2.24) is 19.9 Å². The van der Waals surface area contributed by atoms with Crippen molar-refractivity contribution < 1.29 is 0 Å². The van der Waals surface area contributed by atoms with Crippen LogP contribution in [0.5, 0.6) is 0 Å². The number of likely N-dealkylation sites (N-methyl/N-ethyl adjacent to an activating group) is 1. The molecule has 1 unspecified atom stereocenters. The summed E-state index contributed by atoms with van der Waals surface area (Å²) in [7, 11) is 2.12. The number of fused-ring (bicyclic) bond motifs is 1. The topological polar surface area (TPSA) is 45.5 Å². The fraction of sp³-hybridized carbons (Fsp3) is 0.538. The highest BCUT2D eigenvalue weighted by Gasteiger charge is 2.17. The van der Waals surface area contributed by atoms with Crippen LogP contribution in [0.2, 0.25) is 0 Å². The lowest BCUT2D eigenvalue weighted by molar-refractivity contribution is 0.594. The SMILES string of the molecule is Cc1cc(N(C)CC2CCCN2)n2ncnc2c1. The first-order chi connectivity index (χ1) is 8.74. The number of nitrogens with zero attached hydrogens (tertiary/aromatic N) is 4. The lowest BCUT2D eigenvalue weighted by Gasteiger charge is -2.23. The van der Waals surface area contributed by atoms with Crippen molar-refractivity contribution in [2.45, 2.75) is 25.8 Å². The zero-order valence-electron chi connectivity index (χ0n) is 10.9. The van der Waals surface area contributed by atoms with Crippen LogP contribution in [-0.4, -0.2) is 40.8 Å². The number of pyridine rings is 1. The molecule has 3 heterocycles. The van der Waals surface area contributed by atoms with E-state index >= 15 is 0 Å². The van der Waals surface area contributed by atoms with Crippen LogP contribution in [0.25, 0.3) is 5.65 Å². The van der Waals surface area contributed by atoms with E-state index in [2.05, 4.69) is 46.4 Å². The molecule has 0 amide bonds. The second kappa shape index (κ2) is 4.57. The van der Waals surface area contributed by atoms with Crippen molar-refractivity contribution in [2.75, 3.05) is 25.0 Å². The zero-order chi connectivity index (χ0) is 12.5. The van der Waals surface area contributed by atoms with Crippen molar-refractivity contribution in [3.63, 3.8) is 0 Å². The largest absolute Gasteiger partial charge is 0.358 e. The minimum Gasteiger partial charge on any atom is -0.358 e. The molecule has 0 bridgehead atoms. The van der Waals surface area contributed by atoms with Crippen LogP contribution in [0.4, 0.5) is 5.82 Å². The van der Waals surface area contributed by atoms with Gasteiger partial charge < -0.3 is 10.2 Å². The maximum absolute atomic E-state index is 4.30. The Morgan fingerprint density at radius 3 is 3.17 bits per heavy atom. The highest BCUT2D eigenvalue weighted by Crippen LogP contribution is 2.18. The summed E-state index contributed by atoms with van der Waals surface area (Å²) >= 11 is 0. The molecular weight excluding hydrogens is 226 g/mol. The Hall–Kier alpha value is -1.62. The summed E-state index contributed by atoms with van der Waals surface area (Å²) in [4.78, 5) is 6.53. The quantitative estimate of drug-likeness (QED) is 0.883. The van der Waals surface area contributed by atoms with E-state index in [1.165, 1.54) is 18.4 Å². The van der Waals surface area contributed by atoms with E-state index in [-0.39, 0.29) is 0 Å². The fourth-order valence-corrected chi connectivity index (χ4v) is 2.64. The summed E-state index contributed by atoms with van der Waals surface area (Å²) in [6, 6.07) is 4.81. The first-order valence-corrected chi connectivity index (χ1v) is 6.49. The third-order valence-corrected chi connectivity index (χ3v) is 3.55. The molecule has 5 nitrogen and oxygen atoms in total. The molecule has 2 aromatic rings. The zero-order valence-corrected chi connectivity index (χ0v) is 10.9. The predicted molar refractivity (Wildman–Crippen MR) is 72.0 cm³/mol. The number of aryl methyl sites for hydroxylation is 1. The molecule has 0 spiro atoms. The normalized spacial score (nSPS) is 19.6. The van der Waals surface area contributed by atoms with E-state index in [0.29, 0.717) is 6.04 Å². The van der Waals surface area contributed by atoms with Gasteiger partial charge in [-0.3, -0.25) is 0 Å². The second-order valence-electron chi connectivity index (χ2n) is 5.09. The number of aromatic nitrogens is 3. The fourth-order valence-electron chi connectivity index (χ4n) is 2.64. The maximum Gasteiger partial charge on any atom is 0.157 e. The predicted octanol–water partition coefficient (Wildman–Crippen LogP) is 1.23. The summed E-state index contributed by atoms with van der Waals surface area (Å²) in [6.45, 7) is 4.25. The van der Waals surface area contributed by atoms with Crippen molar-refractivity contribution in [1.29, 1.82) is 0 Å². The lowest BCUT2D eigenvalue weighted by atomic mass is 10.2. The van der Waals surface area contributed by atoms with E-state index < -0.39 is 0 Å². The van der Waals surface area contributed by atoms with Crippen molar-refractivity contribution >= 4 is 11.5 Å². The molecule has 18 heavy (non-hydrogen) atoms. The Kier molecular flexibility index (Phi) is 2.91. The van der Waals surface area contributed by atoms with Gasteiger partial charge >= 0.3 is 0 Å². The van der Waals surface area contributed by atoms with E-state index in [1.807, 2.05) is 4.52 Å². The number of hydrogen-bond acceptors (Lipinski definition) is 4. The molecule has 0 aromatic carbocycles. The molecular formula is C13H19N5. The summed E-state index contributed by atoms with van der Waals surface area (Å²) in [6.07, 6.45) is 4.15. The van der Waals surface area contributed by atoms with Gasteiger partial charge in [0.15, 0.2) is 5.65 Å². The van der Waals surface area contributed by atoms with Gasteiger partial charge in [-0.05, 0) is 44.0 Å². The molecule has 1 aliphatic heterocycles. The minimum atomic E-state index is 0.592. The Bertz CT molecular complexity index is 541. The van der Waals surface area contributed by atoms with E-state index in [4.69, 9.17) is 0 Å². The minimum absolute atomic E-state index is 0.592. The second-order valence-corrected chi connectivity index (χ2v) is 5.09. The van der Waals surface area contributed by atoms with Gasteiger partial charge in [0.2, 0.25) is 0 Å². The van der Waals surface area contributed by atoms with Gasteiger partial charge in [-0.1, -0.05) is 0 Å². The van der Waals surface area contributed by atoms with Gasteiger partial charge in [-0.15, -0.1) is 0 Å². The van der Waals surface area contributed by atoms with E-state index in [1.54, 1.807) is 6.33 Å². The van der Waals surface area contributed by atoms with Crippen LogP contribution >= 0.6 is 0 Å². The maximum atomic E-state index is 4.30. The lowest BCUT2D eigenvalue weighted by Crippen LogP contribution is -2.36. The average molecular weight is 245 g/mol. The molecule has 96 valence electrons. The number of hydrogen-bond donors (Lipinski definition) is 1. The smallest absolute Gasteiger partial charge is 0.157 e. The molecule has 3 rings (SSSR count). The molecule has 0 radical (unpaired) electrons. The molecule has 1 N–H and O–H groups in total. The van der Waals surface area contributed by atoms with Crippen LogP contribution in [0, 0.1) is 6.92 Å². The van der Waals surface area contributed by atoms with Gasteiger partial charge in [0.05, 0.1) is 0 Å². The van der Waals surface area contributed by atoms with E-state index in [0.717, 1.165) is 24.6 Å². The molecule has 5 heteroatoms. The van der Waals surface area contributed by atoms with Gasteiger partial charge in [-0.2, -0.15) is 9.61 Å². The summed E-state index contributed by atoms with van der Waals surface area (Å²) < 4.78 is 1.90. The molecule has 1 fully saturated rings. The van der Waals surface area contributed by atoms with Crippen LogP contribution in [0.1, 0.15) is 18.4 Å². The molecule has 1 saturated heterocycles. The monoisotopic (exact) mass is 245 g/mol. The van der Waals surface area contributed by atoms with Crippen LogP contribution in [0.3, 0.4) is 0 Å². The number of rotatable bonds is 3. The van der Waals surface area contributed by atoms with Crippen LogP contribution in [0.15, 0.2) is 18.5 Å². The van der Waals surface area contributed by atoms with Gasteiger partial charge in [0.25, 0.3) is 0 Å². The van der Waals surface area contributed by atoms with Gasteiger partial charge in [-0.25, -0.2) is 4.98 Å². The van der Waals surface area contributed by atoms with E-state index in [9.17, 15) is 0 Å². The third-order valence-electron chi connectivity index (χ3n) is 3.55. The van der Waals surface area contributed by atoms with Crippen molar-refractivity contribution in [2.24, 2.45) is 0 Å².